The molecule has 0 unspecified atom stereocenters. The number of amides is 1. The molecule has 2 aromatic rings. The van der Waals surface area contributed by atoms with E-state index in [0.29, 0.717) is 36.5 Å². The van der Waals surface area contributed by atoms with Gasteiger partial charge in [-0.2, -0.15) is 5.10 Å². The molecule has 1 aromatic heterocycles. The van der Waals surface area contributed by atoms with Crippen LogP contribution < -0.4 is 0 Å². The zero-order valence-corrected chi connectivity index (χ0v) is 14.7. The maximum Gasteiger partial charge on any atom is 0.257 e. The smallest absolute Gasteiger partial charge is 0.257 e. The Labute approximate surface area is 146 Å². The Morgan fingerprint density at radius 3 is 2.67 bits per heavy atom. The van der Waals surface area contributed by atoms with Gasteiger partial charge in [0.25, 0.3) is 5.91 Å². The van der Waals surface area contributed by atoms with Crippen LogP contribution in [0.25, 0.3) is 5.69 Å². The van der Waals surface area contributed by atoms with Crippen molar-refractivity contribution >= 4 is 17.5 Å². The molecule has 0 aliphatic carbocycles. The minimum Gasteiger partial charge on any atom is -0.393 e. The maximum absolute atomic E-state index is 12.9. The Kier molecular flexibility index (Phi) is 4.92. The van der Waals surface area contributed by atoms with Gasteiger partial charge in [0.2, 0.25) is 0 Å². The number of rotatable bonds is 3. The fourth-order valence-electron chi connectivity index (χ4n) is 3.13. The van der Waals surface area contributed by atoms with Crippen LogP contribution >= 0.6 is 11.6 Å². The highest BCUT2D eigenvalue weighted by Crippen LogP contribution is 2.26. The van der Waals surface area contributed by atoms with Crippen LogP contribution in [0.3, 0.4) is 0 Å². The summed E-state index contributed by atoms with van der Waals surface area (Å²) in [5, 5.41) is 14.7. The van der Waals surface area contributed by atoms with Gasteiger partial charge in [-0.25, -0.2) is 4.68 Å². The second kappa shape index (κ2) is 6.95. The number of hydrogen-bond acceptors (Lipinski definition) is 3. The summed E-state index contributed by atoms with van der Waals surface area (Å²) in [6.07, 6.45) is 2.60. The summed E-state index contributed by atoms with van der Waals surface area (Å²) < 4.78 is 1.79. The van der Waals surface area contributed by atoms with Crippen molar-refractivity contribution < 1.29 is 9.90 Å². The van der Waals surface area contributed by atoms with Crippen molar-refractivity contribution in [2.75, 3.05) is 13.1 Å². The number of nitrogens with zero attached hydrogens (tertiary/aromatic N) is 3. The van der Waals surface area contributed by atoms with Crippen LogP contribution in [0, 0.1) is 0 Å². The zero-order valence-electron chi connectivity index (χ0n) is 13.9. The van der Waals surface area contributed by atoms with E-state index in [9.17, 15) is 9.90 Å². The molecule has 1 aliphatic heterocycles. The molecule has 1 N–H and O–H groups in total. The first-order chi connectivity index (χ1) is 11.5. The third-order valence-corrected chi connectivity index (χ3v) is 4.62. The molecule has 1 fully saturated rings. The van der Waals surface area contributed by atoms with Gasteiger partial charge in [-0.15, -0.1) is 0 Å². The van der Waals surface area contributed by atoms with E-state index in [2.05, 4.69) is 18.9 Å². The first-order valence-corrected chi connectivity index (χ1v) is 8.66. The zero-order chi connectivity index (χ0) is 17.3. The Morgan fingerprint density at radius 1 is 1.33 bits per heavy atom. The quantitative estimate of drug-likeness (QED) is 0.927. The highest BCUT2D eigenvalue weighted by atomic mass is 35.5. The van der Waals surface area contributed by atoms with Crippen LogP contribution in [0.4, 0.5) is 0 Å². The number of aromatic nitrogens is 2. The first kappa shape index (κ1) is 17.0. The lowest BCUT2D eigenvalue weighted by Gasteiger charge is -2.29. The average molecular weight is 348 g/mol. The van der Waals surface area contributed by atoms with Crippen molar-refractivity contribution in [3.8, 4) is 5.69 Å². The molecule has 1 saturated heterocycles. The number of benzene rings is 1. The van der Waals surface area contributed by atoms with E-state index in [0.717, 1.165) is 11.4 Å². The van der Waals surface area contributed by atoms with Crippen molar-refractivity contribution in [1.82, 2.24) is 14.7 Å². The van der Waals surface area contributed by atoms with Gasteiger partial charge >= 0.3 is 0 Å². The van der Waals surface area contributed by atoms with E-state index in [-0.39, 0.29) is 17.9 Å². The maximum atomic E-state index is 12.9. The highest BCUT2D eigenvalue weighted by molar-refractivity contribution is 6.30. The lowest BCUT2D eigenvalue weighted by molar-refractivity contribution is 0.0545. The predicted molar refractivity (Wildman–Crippen MR) is 93.8 cm³/mol. The van der Waals surface area contributed by atoms with Gasteiger partial charge in [-0.1, -0.05) is 31.5 Å². The molecule has 0 radical (unpaired) electrons. The average Bonchev–Trinajstić information content (AvgIpc) is 3.00. The van der Waals surface area contributed by atoms with Crippen LogP contribution in [0.2, 0.25) is 5.02 Å². The van der Waals surface area contributed by atoms with E-state index in [1.54, 1.807) is 15.8 Å². The standard InChI is InChI=1S/C18H22ClN3O2/c1-12(2)17-16(18(24)21-8-6-15(23)7-9-21)11-20-22(17)14-5-3-4-13(19)10-14/h3-5,10-12,15,23H,6-9H2,1-2H3. The monoisotopic (exact) mass is 347 g/mol. The number of carbonyl (C=O) groups is 1. The lowest BCUT2D eigenvalue weighted by Crippen LogP contribution is -2.40. The number of aliphatic hydroxyl groups excluding tert-OH is 1. The number of piperidine rings is 1. The summed E-state index contributed by atoms with van der Waals surface area (Å²) in [6, 6.07) is 7.45. The summed E-state index contributed by atoms with van der Waals surface area (Å²) in [5.41, 5.74) is 2.36. The summed E-state index contributed by atoms with van der Waals surface area (Å²) in [6.45, 7) is 5.27. The Bertz CT molecular complexity index is 734. The molecule has 1 amide bonds. The van der Waals surface area contributed by atoms with Crippen LogP contribution in [0.5, 0.6) is 0 Å². The molecule has 1 aliphatic rings. The van der Waals surface area contributed by atoms with E-state index in [4.69, 9.17) is 11.6 Å². The third-order valence-electron chi connectivity index (χ3n) is 4.39. The molecule has 24 heavy (non-hydrogen) atoms. The normalized spacial score (nSPS) is 16.0. The van der Waals surface area contributed by atoms with E-state index in [1.807, 2.05) is 24.3 Å². The van der Waals surface area contributed by atoms with Gasteiger partial charge in [0.1, 0.15) is 0 Å². The summed E-state index contributed by atoms with van der Waals surface area (Å²) >= 11 is 6.09. The minimum atomic E-state index is -0.298. The molecule has 128 valence electrons. The number of carbonyl (C=O) groups excluding carboxylic acids is 1. The Morgan fingerprint density at radius 2 is 2.04 bits per heavy atom. The van der Waals surface area contributed by atoms with Gasteiger partial charge in [0.15, 0.2) is 0 Å². The lowest BCUT2D eigenvalue weighted by atomic mass is 10.0. The predicted octanol–water partition coefficient (Wildman–Crippen LogP) is 3.25. The number of hydrogen-bond donors (Lipinski definition) is 1. The van der Waals surface area contributed by atoms with E-state index in [1.165, 1.54) is 0 Å². The van der Waals surface area contributed by atoms with Crippen LogP contribution in [0.15, 0.2) is 30.5 Å². The van der Waals surface area contributed by atoms with Crippen molar-refractivity contribution in [2.24, 2.45) is 0 Å². The van der Waals surface area contributed by atoms with Crippen LogP contribution in [-0.2, 0) is 0 Å². The molecule has 0 saturated carbocycles. The molecular weight excluding hydrogens is 326 g/mol. The first-order valence-electron chi connectivity index (χ1n) is 8.28. The van der Waals surface area contributed by atoms with Crippen molar-refractivity contribution in [3.05, 3.63) is 46.7 Å². The van der Waals surface area contributed by atoms with Gasteiger partial charge < -0.3 is 10.0 Å². The van der Waals surface area contributed by atoms with Crippen LogP contribution in [0.1, 0.15) is 48.7 Å². The van der Waals surface area contributed by atoms with Gasteiger partial charge in [-0.05, 0) is 37.0 Å². The van der Waals surface area contributed by atoms with Gasteiger partial charge in [-0.3, -0.25) is 4.79 Å². The number of halogens is 1. The minimum absolute atomic E-state index is 0.0149. The molecule has 0 spiro atoms. The van der Waals surface area contributed by atoms with Gasteiger partial charge in [0, 0.05) is 18.1 Å². The number of likely N-dealkylation sites (tertiary alicyclic amines) is 1. The van der Waals surface area contributed by atoms with Crippen LogP contribution in [-0.4, -0.2) is 44.9 Å². The molecule has 0 bridgehead atoms. The Balaban J connectivity index is 1.96. The second-order valence-corrected chi connectivity index (χ2v) is 6.95. The summed E-state index contributed by atoms with van der Waals surface area (Å²) in [5.74, 6) is 0.125. The van der Waals surface area contributed by atoms with Crippen molar-refractivity contribution in [1.29, 1.82) is 0 Å². The van der Waals surface area contributed by atoms with E-state index >= 15 is 0 Å². The van der Waals surface area contributed by atoms with Crippen molar-refractivity contribution in [3.63, 3.8) is 0 Å². The summed E-state index contributed by atoms with van der Waals surface area (Å²) in [7, 11) is 0. The SMILES string of the molecule is CC(C)c1c(C(=O)N2CCC(O)CC2)cnn1-c1cccc(Cl)c1. The third kappa shape index (κ3) is 3.32. The van der Waals surface area contributed by atoms with Crippen molar-refractivity contribution in [2.45, 2.75) is 38.7 Å². The molecule has 0 atom stereocenters. The molecule has 6 heteroatoms. The molecule has 1 aromatic carbocycles. The fraction of sp³-hybridized carbons (Fsp3) is 0.444. The summed E-state index contributed by atoms with van der Waals surface area (Å²) in [4.78, 5) is 14.7. The fourth-order valence-corrected chi connectivity index (χ4v) is 3.32. The molecule has 3 rings (SSSR count). The molecule has 5 nitrogen and oxygen atoms in total. The largest absolute Gasteiger partial charge is 0.393 e. The topological polar surface area (TPSA) is 58.4 Å². The van der Waals surface area contributed by atoms with Gasteiger partial charge in [0.05, 0.1) is 29.2 Å². The number of aliphatic hydroxyl groups is 1. The Hall–Kier alpha value is -1.85. The molecular formula is C18H22ClN3O2. The highest BCUT2D eigenvalue weighted by Gasteiger charge is 2.27. The van der Waals surface area contributed by atoms with E-state index < -0.39 is 0 Å². The second-order valence-electron chi connectivity index (χ2n) is 6.51. The molecule has 2 heterocycles.